The van der Waals surface area contributed by atoms with E-state index in [1.807, 2.05) is 6.07 Å². The summed E-state index contributed by atoms with van der Waals surface area (Å²) >= 11 is 0. The molecule has 112 valence electrons. The third kappa shape index (κ3) is 1.66. The van der Waals surface area contributed by atoms with E-state index in [-0.39, 0.29) is 5.92 Å². The van der Waals surface area contributed by atoms with Gasteiger partial charge in [-0.3, -0.25) is 0 Å². The normalized spacial score (nSPS) is 21.8. The lowest BCUT2D eigenvalue weighted by Crippen LogP contribution is -2.30. The van der Waals surface area contributed by atoms with Gasteiger partial charge in [0.1, 0.15) is 5.60 Å². The Balaban J connectivity index is 1.78. The van der Waals surface area contributed by atoms with Gasteiger partial charge >= 0.3 is 0 Å². The second-order valence-corrected chi connectivity index (χ2v) is 6.69. The molecule has 0 heterocycles. The third-order valence-electron chi connectivity index (χ3n) is 5.57. The van der Waals surface area contributed by atoms with E-state index in [2.05, 4.69) is 66.7 Å². The minimum Gasteiger partial charge on any atom is -0.384 e. The highest BCUT2D eigenvalue weighted by molar-refractivity contribution is 5.79. The van der Waals surface area contributed by atoms with Gasteiger partial charge in [-0.25, -0.2) is 0 Å². The van der Waals surface area contributed by atoms with Crippen LogP contribution in [0.1, 0.15) is 34.6 Å². The molecule has 0 saturated carbocycles. The average molecular weight is 298 g/mol. The highest BCUT2D eigenvalue weighted by Crippen LogP contribution is 2.56. The van der Waals surface area contributed by atoms with Gasteiger partial charge in [-0.2, -0.15) is 0 Å². The van der Waals surface area contributed by atoms with E-state index in [4.69, 9.17) is 0 Å². The van der Waals surface area contributed by atoms with E-state index >= 15 is 0 Å². The summed E-state index contributed by atoms with van der Waals surface area (Å²) in [6, 6.07) is 25.4. The number of hydrogen-bond donors (Lipinski definition) is 1. The number of aryl methyl sites for hydroxylation is 1. The van der Waals surface area contributed by atoms with Crippen molar-refractivity contribution in [2.75, 3.05) is 0 Å². The second kappa shape index (κ2) is 4.56. The molecule has 0 fully saturated rings. The molecular formula is C22H18O. The van der Waals surface area contributed by atoms with E-state index in [0.29, 0.717) is 0 Å². The topological polar surface area (TPSA) is 20.2 Å². The molecule has 3 aromatic rings. The first-order valence-electron chi connectivity index (χ1n) is 8.28. The van der Waals surface area contributed by atoms with Crippen molar-refractivity contribution in [1.82, 2.24) is 0 Å². The predicted octanol–water partition coefficient (Wildman–Crippen LogP) is 4.63. The fourth-order valence-corrected chi connectivity index (χ4v) is 4.59. The molecule has 1 unspecified atom stereocenters. The Hall–Kier alpha value is -2.38. The molecule has 5 rings (SSSR count). The Labute approximate surface area is 136 Å². The van der Waals surface area contributed by atoms with Crippen molar-refractivity contribution in [2.45, 2.75) is 24.4 Å². The quantitative estimate of drug-likeness (QED) is 0.694. The van der Waals surface area contributed by atoms with Crippen LogP contribution in [0.2, 0.25) is 0 Å². The van der Waals surface area contributed by atoms with Gasteiger partial charge in [-0.05, 0) is 46.2 Å². The van der Waals surface area contributed by atoms with Crippen LogP contribution in [0.3, 0.4) is 0 Å². The highest BCUT2D eigenvalue weighted by atomic mass is 16.3. The zero-order valence-corrected chi connectivity index (χ0v) is 12.9. The molecule has 2 aliphatic rings. The molecule has 0 spiro atoms. The van der Waals surface area contributed by atoms with Crippen LogP contribution in [0.15, 0.2) is 72.8 Å². The van der Waals surface area contributed by atoms with Crippen LogP contribution in [0.5, 0.6) is 0 Å². The van der Waals surface area contributed by atoms with Gasteiger partial charge in [0.05, 0.1) is 0 Å². The van der Waals surface area contributed by atoms with Gasteiger partial charge in [0.25, 0.3) is 0 Å². The van der Waals surface area contributed by atoms with E-state index < -0.39 is 5.60 Å². The van der Waals surface area contributed by atoms with Crippen molar-refractivity contribution in [1.29, 1.82) is 0 Å². The summed E-state index contributed by atoms with van der Waals surface area (Å²) in [5.74, 6) is 0.0264. The summed E-state index contributed by atoms with van der Waals surface area (Å²) in [7, 11) is 0. The van der Waals surface area contributed by atoms with Crippen molar-refractivity contribution in [2.24, 2.45) is 0 Å². The van der Waals surface area contributed by atoms with Crippen LogP contribution in [0, 0.1) is 0 Å². The van der Waals surface area contributed by atoms with E-state index in [1.54, 1.807) is 0 Å². The third-order valence-corrected chi connectivity index (χ3v) is 5.57. The molecule has 1 heteroatoms. The first-order chi connectivity index (χ1) is 11.3. The summed E-state index contributed by atoms with van der Waals surface area (Å²) in [6.45, 7) is 0. The largest absolute Gasteiger partial charge is 0.384 e. The van der Waals surface area contributed by atoms with Crippen molar-refractivity contribution in [3.63, 3.8) is 0 Å². The molecule has 1 nitrogen and oxygen atoms in total. The minimum absolute atomic E-state index is 0.0264. The monoisotopic (exact) mass is 298 g/mol. The Morgan fingerprint density at radius 3 is 2.00 bits per heavy atom. The first kappa shape index (κ1) is 13.1. The minimum atomic E-state index is -0.806. The van der Waals surface area contributed by atoms with Gasteiger partial charge in [0.2, 0.25) is 0 Å². The van der Waals surface area contributed by atoms with Gasteiger partial charge in [0, 0.05) is 5.92 Å². The summed E-state index contributed by atoms with van der Waals surface area (Å²) in [5, 5.41) is 11.7. The molecule has 0 aliphatic heterocycles. The van der Waals surface area contributed by atoms with Crippen LogP contribution < -0.4 is 0 Å². The molecule has 2 aliphatic carbocycles. The number of benzene rings is 3. The number of fused-ring (bicyclic) bond motifs is 4. The van der Waals surface area contributed by atoms with Crippen molar-refractivity contribution < 1.29 is 5.11 Å². The maximum Gasteiger partial charge on any atom is 0.101 e. The summed E-state index contributed by atoms with van der Waals surface area (Å²) < 4.78 is 0. The van der Waals surface area contributed by atoms with E-state index in [1.165, 1.54) is 27.8 Å². The fraction of sp³-hybridized carbons (Fsp3) is 0.182. The molecule has 0 saturated heterocycles. The molecule has 0 aromatic heterocycles. The lowest BCUT2D eigenvalue weighted by molar-refractivity contribution is 0.0224. The van der Waals surface area contributed by atoms with Gasteiger partial charge in [-0.15, -0.1) is 0 Å². The summed E-state index contributed by atoms with van der Waals surface area (Å²) in [4.78, 5) is 0. The van der Waals surface area contributed by atoms with Crippen molar-refractivity contribution in [3.8, 4) is 11.1 Å². The molecule has 0 bridgehead atoms. The van der Waals surface area contributed by atoms with Crippen LogP contribution in [0.4, 0.5) is 0 Å². The van der Waals surface area contributed by atoms with E-state index in [0.717, 1.165) is 18.4 Å². The van der Waals surface area contributed by atoms with Crippen LogP contribution in [-0.2, 0) is 12.0 Å². The maximum absolute atomic E-state index is 11.7. The SMILES string of the molecule is OC1(C2c3ccccc3-c3ccccc32)CCc2ccccc21. The van der Waals surface area contributed by atoms with Gasteiger partial charge in [0.15, 0.2) is 0 Å². The van der Waals surface area contributed by atoms with E-state index in [9.17, 15) is 5.11 Å². The summed E-state index contributed by atoms with van der Waals surface area (Å²) in [6.07, 6.45) is 1.74. The Kier molecular flexibility index (Phi) is 2.60. The Morgan fingerprint density at radius 1 is 0.739 bits per heavy atom. The predicted molar refractivity (Wildman–Crippen MR) is 92.4 cm³/mol. The van der Waals surface area contributed by atoms with Crippen LogP contribution >= 0.6 is 0 Å². The number of hydrogen-bond acceptors (Lipinski definition) is 1. The molecule has 0 amide bonds. The van der Waals surface area contributed by atoms with Crippen molar-refractivity contribution >= 4 is 0 Å². The summed E-state index contributed by atoms with van der Waals surface area (Å²) in [5.41, 5.74) is 6.64. The molecule has 3 aromatic carbocycles. The fourth-order valence-electron chi connectivity index (χ4n) is 4.59. The molecule has 1 atom stereocenters. The highest BCUT2D eigenvalue weighted by Gasteiger charge is 2.48. The second-order valence-electron chi connectivity index (χ2n) is 6.69. The van der Waals surface area contributed by atoms with Crippen LogP contribution in [0.25, 0.3) is 11.1 Å². The molecular weight excluding hydrogens is 280 g/mol. The molecule has 1 N–H and O–H groups in total. The maximum atomic E-state index is 11.7. The Bertz CT molecular complexity index is 866. The van der Waals surface area contributed by atoms with Gasteiger partial charge < -0.3 is 5.11 Å². The lowest BCUT2D eigenvalue weighted by Gasteiger charge is -2.32. The Morgan fingerprint density at radius 2 is 1.30 bits per heavy atom. The smallest absolute Gasteiger partial charge is 0.101 e. The first-order valence-corrected chi connectivity index (χ1v) is 8.28. The molecule has 0 radical (unpaired) electrons. The molecule has 23 heavy (non-hydrogen) atoms. The zero-order valence-electron chi connectivity index (χ0n) is 12.9. The number of aliphatic hydroxyl groups is 1. The lowest BCUT2D eigenvalue weighted by atomic mass is 9.77. The zero-order chi connectivity index (χ0) is 15.4. The van der Waals surface area contributed by atoms with Crippen molar-refractivity contribution in [3.05, 3.63) is 95.1 Å². The number of rotatable bonds is 1. The van der Waals surface area contributed by atoms with Gasteiger partial charge in [-0.1, -0.05) is 72.8 Å². The van der Waals surface area contributed by atoms with Crippen LogP contribution in [-0.4, -0.2) is 5.11 Å². The average Bonchev–Trinajstić information content (AvgIpc) is 3.12. The standard InChI is InChI=1S/C22H18O/c23-22(14-13-15-7-1-6-12-20(15)22)21-18-10-4-2-8-16(18)17-9-3-5-11-19(17)21/h1-12,21,23H,13-14H2.